The monoisotopic (exact) mass is 275 g/mol. The topological polar surface area (TPSA) is 57.5 Å². The van der Waals surface area contributed by atoms with Gasteiger partial charge in [-0.2, -0.15) is 0 Å². The Morgan fingerprint density at radius 3 is 2.80 bits per heavy atom. The summed E-state index contributed by atoms with van der Waals surface area (Å²) in [5.41, 5.74) is 0.723. The zero-order valence-electron chi connectivity index (χ0n) is 11.6. The van der Waals surface area contributed by atoms with Crippen molar-refractivity contribution in [3.05, 3.63) is 40.7 Å². The lowest BCUT2D eigenvalue weighted by Gasteiger charge is -2.11. The number of fused-ring (bicyclic) bond motifs is 1. The molecule has 0 spiro atoms. The van der Waals surface area contributed by atoms with Gasteiger partial charge in [-0.05, 0) is 25.1 Å². The Morgan fingerprint density at radius 1 is 1.30 bits per heavy atom. The molecular weight excluding hydrogens is 258 g/mol. The highest BCUT2D eigenvalue weighted by Crippen LogP contribution is 2.18. The molecule has 0 bridgehead atoms. The Hall–Kier alpha value is -2.30. The number of aromatic nitrogens is 1. The highest BCUT2D eigenvalue weighted by atomic mass is 16.5. The van der Waals surface area contributed by atoms with Crippen molar-refractivity contribution in [1.82, 2.24) is 4.57 Å². The third-order valence-corrected chi connectivity index (χ3v) is 3.04. The van der Waals surface area contributed by atoms with E-state index in [4.69, 9.17) is 4.74 Å². The quantitative estimate of drug-likeness (QED) is 0.783. The van der Waals surface area contributed by atoms with Gasteiger partial charge >= 0.3 is 5.97 Å². The molecule has 0 aliphatic carbocycles. The fourth-order valence-electron chi connectivity index (χ4n) is 2.06. The molecule has 0 fully saturated rings. The van der Waals surface area contributed by atoms with Crippen LogP contribution in [0, 0.1) is 0 Å². The van der Waals surface area contributed by atoms with E-state index in [0.29, 0.717) is 24.3 Å². The molecule has 0 unspecified atom stereocenters. The second-order valence-electron chi connectivity index (χ2n) is 4.31. The van der Waals surface area contributed by atoms with E-state index in [2.05, 4.69) is 4.74 Å². The van der Waals surface area contributed by atoms with Crippen LogP contribution in [0.3, 0.4) is 0 Å². The molecule has 1 heterocycles. The van der Waals surface area contributed by atoms with Crippen LogP contribution in [0.2, 0.25) is 0 Å². The molecule has 0 saturated carbocycles. The number of methoxy groups -OCH3 is 1. The molecule has 0 atom stereocenters. The number of ether oxygens (including phenoxy) is 2. The van der Waals surface area contributed by atoms with Gasteiger partial charge < -0.3 is 14.0 Å². The second kappa shape index (κ2) is 6.23. The molecule has 2 rings (SSSR count). The van der Waals surface area contributed by atoms with E-state index in [1.807, 2.05) is 23.6 Å². The van der Waals surface area contributed by atoms with Gasteiger partial charge in [-0.3, -0.25) is 9.59 Å². The van der Waals surface area contributed by atoms with Crippen molar-refractivity contribution in [2.24, 2.45) is 0 Å². The Morgan fingerprint density at radius 2 is 2.10 bits per heavy atom. The van der Waals surface area contributed by atoms with Crippen LogP contribution in [0.25, 0.3) is 10.9 Å². The van der Waals surface area contributed by atoms with E-state index in [0.717, 1.165) is 5.52 Å². The minimum atomic E-state index is -0.275. The molecule has 0 N–H and O–H groups in total. The lowest BCUT2D eigenvalue weighted by molar-refractivity contribution is -0.140. The van der Waals surface area contributed by atoms with Gasteiger partial charge in [0.2, 0.25) is 0 Å². The smallest absolute Gasteiger partial charge is 0.307 e. The fourth-order valence-corrected chi connectivity index (χ4v) is 2.06. The Bertz CT molecular complexity index is 675. The average Bonchev–Trinajstić information content (AvgIpc) is 2.47. The number of pyridine rings is 1. The normalized spacial score (nSPS) is 10.5. The predicted molar refractivity (Wildman–Crippen MR) is 76.0 cm³/mol. The molecule has 20 heavy (non-hydrogen) atoms. The number of rotatable bonds is 5. The minimum Gasteiger partial charge on any atom is -0.494 e. The van der Waals surface area contributed by atoms with Gasteiger partial charge in [-0.25, -0.2) is 0 Å². The van der Waals surface area contributed by atoms with Crippen molar-refractivity contribution < 1.29 is 14.3 Å². The Balaban J connectivity index is 2.39. The van der Waals surface area contributed by atoms with Gasteiger partial charge in [0.25, 0.3) is 0 Å². The number of esters is 1. The van der Waals surface area contributed by atoms with Crippen molar-refractivity contribution in [3.63, 3.8) is 0 Å². The van der Waals surface area contributed by atoms with E-state index >= 15 is 0 Å². The molecule has 0 radical (unpaired) electrons. The molecule has 1 aromatic carbocycles. The summed E-state index contributed by atoms with van der Waals surface area (Å²) < 4.78 is 11.9. The van der Waals surface area contributed by atoms with Crippen LogP contribution in [0.4, 0.5) is 0 Å². The summed E-state index contributed by atoms with van der Waals surface area (Å²) in [6.07, 6.45) is 1.95. The number of hydrogen-bond donors (Lipinski definition) is 0. The highest BCUT2D eigenvalue weighted by Gasteiger charge is 2.07. The SMILES string of the molecule is CCOc1ccc2c(c1)c(=O)ccn2CCC(=O)OC. The molecule has 106 valence electrons. The predicted octanol–water partition coefficient (Wildman–Crippen LogP) is 1.96. The first-order valence-electron chi connectivity index (χ1n) is 6.48. The van der Waals surface area contributed by atoms with Crippen LogP contribution in [-0.4, -0.2) is 24.3 Å². The molecule has 0 aliphatic rings. The summed E-state index contributed by atoms with van der Waals surface area (Å²) in [6.45, 7) is 2.91. The van der Waals surface area contributed by atoms with Gasteiger partial charge in [-0.1, -0.05) is 0 Å². The Kier molecular flexibility index (Phi) is 4.40. The van der Waals surface area contributed by atoms with Crippen LogP contribution in [-0.2, 0) is 16.1 Å². The van der Waals surface area contributed by atoms with Crippen LogP contribution in [0.1, 0.15) is 13.3 Å². The molecule has 0 amide bonds. The second-order valence-corrected chi connectivity index (χ2v) is 4.31. The van der Waals surface area contributed by atoms with Crippen molar-refractivity contribution in [1.29, 1.82) is 0 Å². The third kappa shape index (κ3) is 2.99. The molecule has 2 aromatic rings. The number of nitrogens with zero attached hydrogens (tertiary/aromatic N) is 1. The summed E-state index contributed by atoms with van der Waals surface area (Å²) in [7, 11) is 1.36. The summed E-state index contributed by atoms with van der Waals surface area (Å²) in [4.78, 5) is 23.1. The first kappa shape index (κ1) is 14.1. The van der Waals surface area contributed by atoms with Crippen LogP contribution in [0.5, 0.6) is 5.75 Å². The van der Waals surface area contributed by atoms with Crippen LogP contribution >= 0.6 is 0 Å². The average molecular weight is 275 g/mol. The highest BCUT2D eigenvalue weighted by molar-refractivity contribution is 5.80. The van der Waals surface area contributed by atoms with Crippen molar-refractivity contribution in [2.45, 2.75) is 19.9 Å². The van der Waals surface area contributed by atoms with Crippen LogP contribution < -0.4 is 10.2 Å². The third-order valence-electron chi connectivity index (χ3n) is 3.04. The van der Waals surface area contributed by atoms with Gasteiger partial charge in [0.1, 0.15) is 5.75 Å². The van der Waals surface area contributed by atoms with Gasteiger partial charge in [0.15, 0.2) is 5.43 Å². The maximum atomic E-state index is 11.9. The Labute approximate surface area is 116 Å². The summed E-state index contributed by atoms with van der Waals surface area (Å²) in [5, 5.41) is 0.586. The van der Waals surface area contributed by atoms with E-state index in [1.54, 1.807) is 12.3 Å². The largest absolute Gasteiger partial charge is 0.494 e. The van der Waals surface area contributed by atoms with E-state index in [1.165, 1.54) is 13.2 Å². The molecule has 0 saturated heterocycles. The molecular formula is C15H17NO4. The first-order valence-corrected chi connectivity index (χ1v) is 6.48. The van der Waals surface area contributed by atoms with E-state index < -0.39 is 0 Å². The fraction of sp³-hybridized carbons (Fsp3) is 0.333. The van der Waals surface area contributed by atoms with Gasteiger partial charge in [-0.15, -0.1) is 0 Å². The summed E-state index contributed by atoms with van der Waals surface area (Å²) in [5.74, 6) is 0.394. The first-order chi connectivity index (χ1) is 9.65. The molecule has 5 nitrogen and oxygen atoms in total. The maximum absolute atomic E-state index is 11.9. The van der Waals surface area contributed by atoms with Crippen molar-refractivity contribution >= 4 is 16.9 Å². The number of aryl methyl sites for hydroxylation is 1. The standard InChI is InChI=1S/C15H17NO4/c1-3-20-11-4-5-13-12(10-11)14(17)6-8-16(13)9-7-15(18)19-2/h4-6,8,10H,3,7,9H2,1-2H3. The minimum absolute atomic E-state index is 0.0594. The van der Waals surface area contributed by atoms with Gasteiger partial charge in [0, 0.05) is 24.2 Å². The number of carbonyl (C=O) groups is 1. The van der Waals surface area contributed by atoms with E-state index in [-0.39, 0.29) is 17.8 Å². The number of benzene rings is 1. The number of hydrogen-bond acceptors (Lipinski definition) is 4. The lowest BCUT2D eigenvalue weighted by Crippen LogP contribution is -2.11. The molecule has 5 heteroatoms. The zero-order valence-corrected chi connectivity index (χ0v) is 11.6. The number of carbonyl (C=O) groups excluding carboxylic acids is 1. The summed E-state index contributed by atoms with van der Waals surface area (Å²) >= 11 is 0. The summed E-state index contributed by atoms with van der Waals surface area (Å²) in [6, 6.07) is 6.88. The van der Waals surface area contributed by atoms with Crippen LogP contribution in [0.15, 0.2) is 35.3 Å². The van der Waals surface area contributed by atoms with E-state index in [9.17, 15) is 9.59 Å². The molecule has 1 aromatic heterocycles. The molecule has 0 aliphatic heterocycles. The van der Waals surface area contributed by atoms with Crippen molar-refractivity contribution in [3.8, 4) is 5.75 Å². The maximum Gasteiger partial charge on any atom is 0.307 e. The zero-order chi connectivity index (χ0) is 14.5. The van der Waals surface area contributed by atoms with Gasteiger partial charge in [0.05, 0.1) is 25.7 Å². The van der Waals surface area contributed by atoms with Crippen molar-refractivity contribution in [2.75, 3.05) is 13.7 Å². The lowest BCUT2D eigenvalue weighted by atomic mass is 10.2.